The van der Waals surface area contributed by atoms with Crippen molar-refractivity contribution in [2.75, 3.05) is 46.8 Å². The normalized spacial score (nSPS) is 21.2. The number of likely N-dealkylation sites (N-methyl/N-ethyl adjacent to an activating group) is 1. The van der Waals surface area contributed by atoms with Crippen LogP contribution in [0.4, 0.5) is 0 Å². The van der Waals surface area contributed by atoms with Gasteiger partial charge < -0.3 is 14.7 Å². The van der Waals surface area contributed by atoms with Gasteiger partial charge in [-0.2, -0.15) is 0 Å². The molecule has 2 aliphatic rings. The highest BCUT2D eigenvalue weighted by molar-refractivity contribution is 5.79. The summed E-state index contributed by atoms with van der Waals surface area (Å²) in [6, 6.07) is 10.4. The highest BCUT2D eigenvalue weighted by atomic mass is 16.2. The molecule has 1 heterocycles. The number of piperidine rings is 1. The van der Waals surface area contributed by atoms with Gasteiger partial charge in [-0.3, -0.25) is 4.79 Å². The van der Waals surface area contributed by atoms with Gasteiger partial charge in [-0.25, -0.2) is 0 Å². The second kappa shape index (κ2) is 10.8. The smallest absolute Gasteiger partial charge is 0.226 e. The van der Waals surface area contributed by atoms with E-state index in [9.17, 15) is 4.79 Å². The van der Waals surface area contributed by atoms with Crippen LogP contribution in [0.25, 0.3) is 0 Å². The zero-order valence-electron chi connectivity index (χ0n) is 17.7. The Bertz CT molecular complexity index is 620. The van der Waals surface area contributed by atoms with Crippen LogP contribution >= 0.6 is 0 Å². The minimum atomic E-state index is 0.188. The zero-order valence-corrected chi connectivity index (χ0v) is 17.7. The quantitative estimate of drug-likeness (QED) is 0.641. The topological polar surface area (TPSA) is 26.8 Å². The van der Waals surface area contributed by atoms with Crippen molar-refractivity contribution in [1.82, 2.24) is 14.7 Å². The molecule has 1 aliphatic carbocycles. The van der Waals surface area contributed by atoms with Gasteiger partial charge in [-0.05, 0) is 70.8 Å². The first kappa shape index (κ1) is 21.1. The average Bonchev–Trinajstić information content (AvgIpc) is 2.72. The molecule has 1 fully saturated rings. The molecular formula is C24H37N3O. The molecule has 1 atom stereocenters. The highest BCUT2D eigenvalue weighted by Crippen LogP contribution is 2.24. The summed E-state index contributed by atoms with van der Waals surface area (Å²) in [7, 11) is 4.15. The van der Waals surface area contributed by atoms with E-state index >= 15 is 0 Å². The Morgan fingerprint density at radius 1 is 1.04 bits per heavy atom. The van der Waals surface area contributed by atoms with Crippen LogP contribution in [0.1, 0.15) is 37.7 Å². The second-order valence-corrected chi connectivity index (χ2v) is 8.77. The molecule has 1 aromatic carbocycles. The Labute approximate surface area is 171 Å². The number of allylic oxidation sites excluding steroid dienone is 2. The summed E-state index contributed by atoms with van der Waals surface area (Å²) in [6.45, 7) is 5.79. The van der Waals surface area contributed by atoms with Crippen molar-refractivity contribution in [3.05, 3.63) is 48.0 Å². The van der Waals surface area contributed by atoms with Gasteiger partial charge >= 0.3 is 0 Å². The van der Waals surface area contributed by atoms with E-state index in [1.165, 1.54) is 31.4 Å². The van der Waals surface area contributed by atoms with E-state index in [0.29, 0.717) is 5.91 Å². The molecule has 0 bridgehead atoms. The van der Waals surface area contributed by atoms with Crippen LogP contribution in [-0.4, -0.2) is 67.4 Å². The van der Waals surface area contributed by atoms with Gasteiger partial charge in [0.05, 0.1) is 0 Å². The Hall–Kier alpha value is -1.65. The summed E-state index contributed by atoms with van der Waals surface area (Å²) in [5.74, 6) is 1.35. The van der Waals surface area contributed by atoms with Crippen molar-refractivity contribution in [2.24, 2.45) is 11.8 Å². The first-order valence-corrected chi connectivity index (χ1v) is 11.0. The fraction of sp³-hybridized carbons (Fsp3) is 0.625. The van der Waals surface area contributed by atoms with Crippen LogP contribution in [0.15, 0.2) is 42.5 Å². The molecule has 0 N–H and O–H groups in total. The molecule has 0 radical (unpaired) electrons. The molecule has 1 aromatic rings. The molecule has 28 heavy (non-hydrogen) atoms. The van der Waals surface area contributed by atoms with Crippen molar-refractivity contribution in [3.63, 3.8) is 0 Å². The first-order chi connectivity index (χ1) is 13.6. The summed E-state index contributed by atoms with van der Waals surface area (Å²) >= 11 is 0. The van der Waals surface area contributed by atoms with Crippen molar-refractivity contribution < 1.29 is 4.79 Å². The molecule has 154 valence electrons. The maximum absolute atomic E-state index is 13.3. The molecule has 0 aromatic heterocycles. The van der Waals surface area contributed by atoms with Crippen LogP contribution in [0.5, 0.6) is 0 Å². The third-order valence-corrected chi connectivity index (χ3v) is 6.18. The predicted octanol–water partition coefficient (Wildman–Crippen LogP) is 3.65. The predicted molar refractivity (Wildman–Crippen MR) is 116 cm³/mol. The van der Waals surface area contributed by atoms with Gasteiger partial charge in [0.1, 0.15) is 0 Å². The standard InChI is InChI=1S/C24H37N3O/c1-25(2)17-18-27(20-22-11-7-4-8-12-22)24(28)23-13-15-26(16-14-23)19-21-9-5-3-6-10-21/h3-5,7-8,11-12,21,23H,6,9-10,13-20H2,1-2H3. The highest BCUT2D eigenvalue weighted by Gasteiger charge is 2.29. The number of amides is 1. The number of carbonyl (C=O) groups excluding carboxylic acids is 1. The number of benzene rings is 1. The zero-order chi connectivity index (χ0) is 19.8. The minimum absolute atomic E-state index is 0.188. The van der Waals surface area contributed by atoms with Gasteiger partial charge in [0.15, 0.2) is 0 Å². The maximum atomic E-state index is 13.3. The maximum Gasteiger partial charge on any atom is 0.226 e. The Balaban J connectivity index is 1.52. The van der Waals surface area contributed by atoms with Gasteiger partial charge in [-0.15, -0.1) is 0 Å². The van der Waals surface area contributed by atoms with Crippen molar-refractivity contribution in [3.8, 4) is 0 Å². The van der Waals surface area contributed by atoms with Gasteiger partial charge in [-0.1, -0.05) is 42.5 Å². The molecule has 1 amide bonds. The number of rotatable bonds is 8. The molecule has 0 spiro atoms. The largest absolute Gasteiger partial charge is 0.337 e. The molecule has 4 nitrogen and oxygen atoms in total. The van der Waals surface area contributed by atoms with Crippen LogP contribution in [0, 0.1) is 11.8 Å². The van der Waals surface area contributed by atoms with Gasteiger partial charge in [0, 0.05) is 32.1 Å². The Kier molecular flexibility index (Phi) is 8.11. The van der Waals surface area contributed by atoms with Crippen LogP contribution < -0.4 is 0 Å². The lowest BCUT2D eigenvalue weighted by molar-refractivity contribution is -0.138. The Morgan fingerprint density at radius 3 is 2.43 bits per heavy atom. The lowest BCUT2D eigenvalue weighted by atomic mass is 9.91. The van der Waals surface area contributed by atoms with E-state index in [0.717, 1.165) is 51.5 Å². The summed E-state index contributed by atoms with van der Waals surface area (Å²) in [5, 5.41) is 0. The first-order valence-electron chi connectivity index (χ1n) is 11.0. The summed E-state index contributed by atoms with van der Waals surface area (Å²) in [4.78, 5) is 20.1. The summed E-state index contributed by atoms with van der Waals surface area (Å²) in [5.41, 5.74) is 1.22. The molecule has 1 unspecified atom stereocenters. The van der Waals surface area contributed by atoms with Crippen molar-refractivity contribution in [1.29, 1.82) is 0 Å². The summed E-state index contributed by atoms with van der Waals surface area (Å²) < 4.78 is 0. The fourth-order valence-electron chi connectivity index (χ4n) is 4.40. The number of nitrogens with zero attached hydrogens (tertiary/aromatic N) is 3. The average molecular weight is 384 g/mol. The molecule has 1 aliphatic heterocycles. The Morgan fingerprint density at radius 2 is 1.79 bits per heavy atom. The molecule has 1 saturated heterocycles. The number of hydrogen-bond donors (Lipinski definition) is 0. The van der Waals surface area contributed by atoms with E-state index in [4.69, 9.17) is 0 Å². The molecule has 0 saturated carbocycles. The van der Waals surface area contributed by atoms with Crippen molar-refractivity contribution in [2.45, 2.75) is 38.6 Å². The van der Waals surface area contributed by atoms with E-state index in [1.807, 2.05) is 6.07 Å². The SMILES string of the molecule is CN(C)CCN(Cc1ccccc1)C(=O)C1CCN(CC2CC=CCC2)CC1. The minimum Gasteiger partial charge on any atom is -0.337 e. The molecular weight excluding hydrogens is 346 g/mol. The van der Waals surface area contributed by atoms with E-state index in [2.05, 4.69) is 65.2 Å². The second-order valence-electron chi connectivity index (χ2n) is 8.77. The van der Waals surface area contributed by atoms with E-state index in [-0.39, 0.29) is 5.92 Å². The van der Waals surface area contributed by atoms with E-state index in [1.54, 1.807) is 0 Å². The third-order valence-electron chi connectivity index (χ3n) is 6.18. The lowest BCUT2D eigenvalue weighted by Gasteiger charge is -2.36. The van der Waals surface area contributed by atoms with E-state index < -0.39 is 0 Å². The fourth-order valence-corrected chi connectivity index (χ4v) is 4.40. The molecule has 4 heteroatoms. The van der Waals surface area contributed by atoms with Gasteiger partial charge in [0.2, 0.25) is 5.91 Å². The monoisotopic (exact) mass is 383 g/mol. The van der Waals surface area contributed by atoms with Gasteiger partial charge in [0.25, 0.3) is 0 Å². The third kappa shape index (κ3) is 6.46. The lowest BCUT2D eigenvalue weighted by Crippen LogP contribution is -2.45. The molecule has 3 rings (SSSR count). The number of carbonyl (C=O) groups is 1. The summed E-state index contributed by atoms with van der Waals surface area (Å²) in [6.07, 6.45) is 10.5. The number of likely N-dealkylation sites (tertiary alicyclic amines) is 1. The van der Waals surface area contributed by atoms with Crippen LogP contribution in [0.2, 0.25) is 0 Å². The number of hydrogen-bond acceptors (Lipinski definition) is 3. The van der Waals surface area contributed by atoms with Crippen molar-refractivity contribution >= 4 is 5.91 Å². The van der Waals surface area contributed by atoms with Crippen LogP contribution in [-0.2, 0) is 11.3 Å². The van der Waals surface area contributed by atoms with Crippen LogP contribution in [0.3, 0.4) is 0 Å².